The van der Waals surface area contributed by atoms with Crippen molar-refractivity contribution >= 4 is 22.4 Å². The van der Waals surface area contributed by atoms with Crippen molar-refractivity contribution in [3.05, 3.63) is 78.1 Å². The number of amides is 1. The molecule has 3 atom stereocenters. The summed E-state index contributed by atoms with van der Waals surface area (Å²) < 4.78 is 14.2. The summed E-state index contributed by atoms with van der Waals surface area (Å²) in [6.45, 7) is 2.11. The van der Waals surface area contributed by atoms with E-state index in [2.05, 4.69) is 15.5 Å². The highest BCUT2D eigenvalue weighted by atomic mass is 16.6. The average molecular weight is 404 g/mol. The van der Waals surface area contributed by atoms with E-state index in [-0.39, 0.29) is 18.4 Å². The standard InChI is InChI=1S/C24H25N3O3/c1-16-21(14-17-8-4-3-5-9-17)30-27-22(16)20(15-29-2)26-24(28)23-19-11-7-6-10-18(19)12-13-25-23/h3-13,16,20-21H,14-15H2,1-2H3,(H,26,28)/t16?,20-,21?/m0/s1/i21D. The molecular formula is C24H25N3O3. The van der Waals surface area contributed by atoms with E-state index in [0.717, 1.165) is 16.3 Å². The molecule has 1 aromatic heterocycles. The molecule has 1 amide bonds. The summed E-state index contributed by atoms with van der Waals surface area (Å²) >= 11 is 0. The summed E-state index contributed by atoms with van der Waals surface area (Å²) in [5, 5.41) is 8.90. The van der Waals surface area contributed by atoms with Gasteiger partial charge in [-0.25, -0.2) is 0 Å². The van der Waals surface area contributed by atoms with Crippen molar-refractivity contribution in [1.29, 1.82) is 0 Å². The van der Waals surface area contributed by atoms with E-state index in [4.69, 9.17) is 10.9 Å². The van der Waals surface area contributed by atoms with Gasteiger partial charge >= 0.3 is 0 Å². The summed E-state index contributed by atoms with van der Waals surface area (Å²) in [6.07, 6.45) is 0.766. The Morgan fingerprint density at radius 2 is 1.97 bits per heavy atom. The van der Waals surface area contributed by atoms with Crippen molar-refractivity contribution in [1.82, 2.24) is 10.3 Å². The first-order valence-electron chi connectivity index (χ1n) is 10.5. The normalized spacial score (nSPS) is 22.1. The van der Waals surface area contributed by atoms with Crippen LogP contribution in [0, 0.1) is 5.92 Å². The number of hydrogen-bond donors (Lipinski definition) is 1. The highest BCUT2D eigenvalue weighted by Crippen LogP contribution is 2.24. The summed E-state index contributed by atoms with van der Waals surface area (Å²) in [6, 6.07) is 18.7. The zero-order chi connectivity index (χ0) is 21.8. The SMILES string of the molecule is [2H]C1(Cc2ccccc2)ON=C([C@H](COC)NC(=O)c2nccc3ccccc23)C1C. The molecule has 0 aliphatic carbocycles. The number of methoxy groups -OCH3 is 1. The van der Waals surface area contributed by atoms with E-state index in [1.54, 1.807) is 13.3 Å². The molecule has 2 aromatic carbocycles. The van der Waals surface area contributed by atoms with Gasteiger partial charge in [-0.1, -0.05) is 66.7 Å². The number of ether oxygens (including phenoxy) is 1. The van der Waals surface area contributed by atoms with Crippen LogP contribution in [-0.4, -0.2) is 42.4 Å². The lowest BCUT2D eigenvalue weighted by Crippen LogP contribution is -2.46. The van der Waals surface area contributed by atoms with Crippen molar-refractivity contribution in [3.63, 3.8) is 0 Å². The molecule has 1 aliphatic rings. The molecule has 0 bridgehead atoms. The minimum Gasteiger partial charge on any atom is -0.391 e. The number of nitrogens with zero attached hydrogens (tertiary/aromatic N) is 2. The van der Waals surface area contributed by atoms with Gasteiger partial charge in [-0.05, 0) is 17.0 Å². The van der Waals surface area contributed by atoms with Gasteiger partial charge in [-0.2, -0.15) is 0 Å². The third-order valence-electron chi connectivity index (χ3n) is 5.30. The van der Waals surface area contributed by atoms with E-state index in [1.807, 2.05) is 67.6 Å². The van der Waals surface area contributed by atoms with E-state index >= 15 is 0 Å². The first-order chi connectivity index (χ1) is 15.0. The fourth-order valence-corrected chi connectivity index (χ4v) is 3.68. The lowest BCUT2D eigenvalue weighted by Gasteiger charge is -2.21. The minimum absolute atomic E-state index is 0.213. The summed E-state index contributed by atoms with van der Waals surface area (Å²) in [5.41, 5.74) is 1.92. The largest absolute Gasteiger partial charge is 0.391 e. The first-order valence-corrected chi connectivity index (χ1v) is 9.95. The summed E-state index contributed by atoms with van der Waals surface area (Å²) in [4.78, 5) is 23.0. The quantitative estimate of drug-likeness (QED) is 0.653. The van der Waals surface area contributed by atoms with E-state index in [0.29, 0.717) is 17.8 Å². The first kappa shape index (κ1) is 18.8. The Labute approximate surface area is 177 Å². The van der Waals surface area contributed by atoms with Crippen LogP contribution in [0.15, 0.2) is 72.0 Å². The molecule has 0 radical (unpaired) electrons. The molecule has 6 nitrogen and oxygen atoms in total. The second-order valence-electron chi connectivity index (χ2n) is 7.32. The summed E-state index contributed by atoms with van der Waals surface area (Å²) in [7, 11) is 1.56. The number of aromatic nitrogens is 1. The van der Waals surface area contributed by atoms with Crippen molar-refractivity contribution in [3.8, 4) is 0 Å². The van der Waals surface area contributed by atoms with Crippen LogP contribution in [0.4, 0.5) is 0 Å². The van der Waals surface area contributed by atoms with Gasteiger partial charge in [0.25, 0.3) is 5.91 Å². The number of carbonyl (C=O) groups excluding carboxylic acids is 1. The zero-order valence-corrected chi connectivity index (χ0v) is 17.0. The topological polar surface area (TPSA) is 72.8 Å². The smallest absolute Gasteiger partial charge is 0.271 e. The van der Waals surface area contributed by atoms with Gasteiger partial charge in [-0.15, -0.1) is 0 Å². The number of pyridine rings is 1. The Bertz CT molecular complexity index is 1100. The van der Waals surface area contributed by atoms with Crippen LogP contribution in [0.3, 0.4) is 0 Å². The third kappa shape index (κ3) is 4.19. The molecule has 0 saturated heterocycles. The molecule has 4 rings (SSSR count). The molecule has 0 spiro atoms. The van der Waals surface area contributed by atoms with Gasteiger partial charge < -0.3 is 14.9 Å². The minimum atomic E-state index is -1.24. The summed E-state index contributed by atoms with van der Waals surface area (Å²) in [5.74, 6) is -0.659. The highest BCUT2D eigenvalue weighted by molar-refractivity contribution is 6.07. The van der Waals surface area contributed by atoms with Crippen molar-refractivity contribution in [2.24, 2.45) is 11.1 Å². The Balaban J connectivity index is 1.54. The second kappa shape index (κ2) is 9.05. The lowest BCUT2D eigenvalue weighted by molar-refractivity contribution is 0.0660. The molecule has 1 aliphatic heterocycles. The molecule has 154 valence electrons. The Hall–Kier alpha value is -3.25. The van der Waals surface area contributed by atoms with Crippen molar-refractivity contribution < 1.29 is 15.7 Å². The van der Waals surface area contributed by atoms with Crippen LogP contribution in [0.1, 0.15) is 24.3 Å². The van der Waals surface area contributed by atoms with Gasteiger partial charge in [0.1, 0.15) is 11.8 Å². The number of fused-ring (bicyclic) bond motifs is 1. The van der Waals surface area contributed by atoms with E-state index < -0.39 is 12.1 Å². The number of benzene rings is 2. The van der Waals surface area contributed by atoms with Crippen LogP contribution in [0.2, 0.25) is 0 Å². The number of hydrogen-bond acceptors (Lipinski definition) is 5. The van der Waals surface area contributed by atoms with Crippen LogP contribution >= 0.6 is 0 Å². The van der Waals surface area contributed by atoms with Crippen LogP contribution in [0.25, 0.3) is 10.8 Å². The fraction of sp³-hybridized carbons (Fsp3) is 0.292. The molecule has 0 fully saturated rings. The molecule has 6 heteroatoms. The number of nitrogens with one attached hydrogen (secondary N) is 1. The molecule has 2 unspecified atom stereocenters. The van der Waals surface area contributed by atoms with Gasteiger partial charge in [0.2, 0.25) is 0 Å². The van der Waals surface area contributed by atoms with Crippen molar-refractivity contribution in [2.45, 2.75) is 25.5 Å². The second-order valence-corrected chi connectivity index (χ2v) is 7.32. The van der Waals surface area contributed by atoms with E-state index in [1.165, 1.54) is 0 Å². The maximum absolute atomic E-state index is 13.1. The maximum Gasteiger partial charge on any atom is 0.271 e. The average Bonchev–Trinajstić information content (AvgIpc) is 3.07. The third-order valence-corrected chi connectivity index (χ3v) is 5.30. The highest BCUT2D eigenvalue weighted by Gasteiger charge is 2.36. The lowest BCUT2D eigenvalue weighted by atomic mass is 9.91. The molecule has 2 heterocycles. The van der Waals surface area contributed by atoms with Crippen LogP contribution in [-0.2, 0) is 16.0 Å². The molecule has 1 N–H and O–H groups in total. The van der Waals surface area contributed by atoms with Gasteiger partial charge in [0, 0.05) is 31.0 Å². The van der Waals surface area contributed by atoms with E-state index in [9.17, 15) is 4.79 Å². The molecule has 0 saturated carbocycles. The van der Waals surface area contributed by atoms with Crippen LogP contribution in [0.5, 0.6) is 0 Å². The number of carbonyl (C=O) groups is 1. The predicted molar refractivity (Wildman–Crippen MR) is 116 cm³/mol. The van der Waals surface area contributed by atoms with Gasteiger partial charge in [0.15, 0.2) is 0 Å². The monoisotopic (exact) mass is 404 g/mol. The molecule has 3 aromatic rings. The molecule has 30 heavy (non-hydrogen) atoms. The fourth-order valence-electron chi connectivity index (χ4n) is 3.68. The Morgan fingerprint density at radius 3 is 2.77 bits per heavy atom. The van der Waals surface area contributed by atoms with Crippen LogP contribution < -0.4 is 5.32 Å². The zero-order valence-electron chi connectivity index (χ0n) is 18.0. The predicted octanol–water partition coefficient (Wildman–Crippen LogP) is 3.61. The van der Waals surface area contributed by atoms with Gasteiger partial charge in [-0.3, -0.25) is 9.78 Å². The Morgan fingerprint density at radius 1 is 1.20 bits per heavy atom. The van der Waals surface area contributed by atoms with Gasteiger partial charge in [0.05, 0.1) is 19.7 Å². The Kier molecular flexibility index (Phi) is 5.66. The molecular weight excluding hydrogens is 378 g/mol. The maximum atomic E-state index is 13.1. The number of rotatable bonds is 7. The number of oxime groups is 1. The van der Waals surface area contributed by atoms with Crippen molar-refractivity contribution in [2.75, 3.05) is 13.7 Å².